The zero-order valence-corrected chi connectivity index (χ0v) is 9.15. The Morgan fingerprint density at radius 2 is 1.93 bits per heavy atom. The fourth-order valence-corrected chi connectivity index (χ4v) is 2.00. The number of nitrogens with zero attached hydrogens (tertiary/aromatic N) is 2. The van der Waals surface area contributed by atoms with Gasteiger partial charge in [0, 0.05) is 37.8 Å². The molecule has 0 amide bonds. The predicted octanol–water partition coefficient (Wildman–Crippen LogP) is 1.16. The first kappa shape index (κ1) is 10.1. The van der Waals surface area contributed by atoms with Crippen LogP contribution in [0.1, 0.15) is 19.8 Å². The van der Waals surface area contributed by atoms with Gasteiger partial charge in [-0.05, 0) is 12.8 Å². The molecule has 0 bridgehead atoms. The Morgan fingerprint density at radius 1 is 1.33 bits per heavy atom. The molecule has 1 aliphatic heterocycles. The van der Waals surface area contributed by atoms with Gasteiger partial charge in [-0.1, -0.05) is 0 Å². The van der Waals surface area contributed by atoms with Crippen molar-refractivity contribution < 1.29 is 9.36 Å². The van der Waals surface area contributed by atoms with Crippen LogP contribution < -0.4 is 9.47 Å². The third-order valence-electron chi connectivity index (χ3n) is 2.75. The molecular formula is C12H17N2O+. The SMILES string of the molecule is CC(=O)C[n+]1ccc(N2CCCC2)cc1. The Kier molecular flexibility index (Phi) is 2.99. The van der Waals surface area contributed by atoms with E-state index in [4.69, 9.17) is 0 Å². The minimum absolute atomic E-state index is 0.189. The minimum Gasteiger partial charge on any atom is -0.371 e. The Morgan fingerprint density at radius 3 is 2.47 bits per heavy atom. The maximum absolute atomic E-state index is 10.9. The van der Waals surface area contributed by atoms with Gasteiger partial charge in [0.05, 0.1) is 0 Å². The number of anilines is 1. The molecule has 0 N–H and O–H groups in total. The largest absolute Gasteiger partial charge is 0.371 e. The summed E-state index contributed by atoms with van der Waals surface area (Å²) in [5.41, 5.74) is 1.27. The molecule has 0 saturated carbocycles. The molecule has 15 heavy (non-hydrogen) atoms. The molecule has 1 aromatic heterocycles. The van der Waals surface area contributed by atoms with Crippen LogP contribution in [0.3, 0.4) is 0 Å². The van der Waals surface area contributed by atoms with Crippen molar-refractivity contribution in [3.63, 3.8) is 0 Å². The summed E-state index contributed by atoms with van der Waals surface area (Å²) in [6.07, 6.45) is 6.55. The van der Waals surface area contributed by atoms with Gasteiger partial charge in [0.2, 0.25) is 6.54 Å². The number of carbonyl (C=O) groups is 1. The van der Waals surface area contributed by atoms with Crippen molar-refractivity contribution in [2.24, 2.45) is 0 Å². The molecule has 0 radical (unpaired) electrons. The lowest BCUT2D eigenvalue weighted by Crippen LogP contribution is -2.36. The van der Waals surface area contributed by atoms with Gasteiger partial charge in [0.1, 0.15) is 0 Å². The van der Waals surface area contributed by atoms with Crippen molar-refractivity contribution >= 4 is 11.5 Å². The number of carbonyl (C=O) groups excluding carboxylic acids is 1. The molecular weight excluding hydrogens is 188 g/mol. The number of pyridine rings is 1. The molecule has 0 spiro atoms. The lowest BCUT2D eigenvalue weighted by Gasteiger charge is -2.15. The topological polar surface area (TPSA) is 24.2 Å². The maximum Gasteiger partial charge on any atom is 0.206 e. The molecule has 1 aromatic rings. The molecule has 2 rings (SSSR count). The van der Waals surface area contributed by atoms with E-state index in [2.05, 4.69) is 17.0 Å². The van der Waals surface area contributed by atoms with Gasteiger partial charge in [-0.25, -0.2) is 0 Å². The summed E-state index contributed by atoms with van der Waals surface area (Å²) < 4.78 is 1.92. The second kappa shape index (κ2) is 4.43. The molecule has 0 unspecified atom stereocenters. The highest BCUT2D eigenvalue weighted by atomic mass is 16.1. The van der Waals surface area contributed by atoms with Gasteiger partial charge in [-0.3, -0.25) is 4.79 Å². The van der Waals surface area contributed by atoms with Crippen molar-refractivity contribution in [3.05, 3.63) is 24.5 Å². The van der Waals surface area contributed by atoms with Crippen molar-refractivity contribution in [1.82, 2.24) is 0 Å². The van der Waals surface area contributed by atoms with Crippen molar-refractivity contribution in [1.29, 1.82) is 0 Å². The summed E-state index contributed by atoms with van der Waals surface area (Å²) in [4.78, 5) is 13.3. The molecule has 1 aliphatic rings. The van der Waals surface area contributed by atoms with Crippen molar-refractivity contribution in [2.75, 3.05) is 18.0 Å². The summed E-state index contributed by atoms with van der Waals surface area (Å²) in [6, 6.07) is 4.18. The van der Waals surface area contributed by atoms with Gasteiger partial charge < -0.3 is 4.90 Å². The zero-order valence-electron chi connectivity index (χ0n) is 9.15. The van der Waals surface area contributed by atoms with E-state index in [-0.39, 0.29) is 5.78 Å². The molecule has 0 aliphatic carbocycles. The molecule has 3 nitrogen and oxygen atoms in total. The molecule has 1 saturated heterocycles. The lowest BCUT2D eigenvalue weighted by atomic mass is 10.3. The van der Waals surface area contributed by atoms with Crippen molar-refractivity contribution in [3.8, 4) is 0 Å². The number of ketones is 1. The number of hydrogen-bond acceptors (Lipinski definition) is 2. The van der Waals surface area contributed by atoms with Crippen LogP contribution >= 0.6 is 0 Å². The van der Waals surface area contributed by atoms with E-state index in [9.17, 15) is 4.79 Å². The van der Waals surface area contributed by atoms with Gasteiger partial charge in [0.25, 0.3) is 0 Å². The number of rotatable bonds is 3. The smallest absolute Gasteiger partial charge is 0.206 e. The highest BCUT2D eigenvalue weighted by Crippen LogP contribution is 2.17. The molecule has 1 fully saturated rings. The van der Waals surface area contributed by atoms with E-state index in [1.54, 1.807) is 6.92 Å². The van der Waals surface area contributed by atoms with Crippen LogP contribution in [0.25, 0.3) is 0 Å². The Hall–Kier alpha value is -1.38. The summed E-state index contributed by atoms with van der Waals surface area (Å²) in [7, 11) is 0. The first-order valence-electron chi connectivity index (χ1n) is 5.49. The van der Waals surface area contributed by atoms with Crippen LogP contribution in [-0.2, 0) is 11.3 Å². The van der Waals surface area contributed by atoms with E-state index in [0.29, 0.717) is 6.54 Å². The second-order valence-electron chi connectivity index (χ2n) is 4.12. The summed E-state index contributed by atoms with van der Waals surface area (Å²) >= 11 is 0. The van der Waals surface area contributed by atoms with E-state index in [0.717, 1.165) is 13.1 Å². The van der Waals surface area contributed by atoms with Gasteiger partial charge >= 0.3 is 0 Å². The summed E-state index contributed by atoms with van der Waals surface area (Å²) in [6.45, 7) is 4.41. The van der Waals surface area contributed by atoms with Crippen LogP contribution in [0.5, 0.6) is 0 Å². The number of aromatic nitrogens is 1. The molecule has 2 heterocycles. The van der Waals surface area contributed by atoms with E-state index in [1.807, 2.05) is 17.0 Å². The van der Waals surface area contributed by atoms with E-state index in [1.165, 1.54) is 18.5 Å². The maximum atomic E-state index is 10.9. The van der Waals surface area contributed by atoms with Crippen LogP contribution in [0.15, 0.2) is 24.5 Å². The quantitative estimate of drug-likeness (QED) is 0.692. The zero-order chi connectivity index (χ0) is 10.7. The Bertz CT molecular complexity index is 339. The number of hydrogen-bond donors (Lipinski definition) is 0. The fourth-order valence-electron chi connectivity index (χ4n) is 2.00. The van der Waals surface area contributed by atoms with E-state index < -0.39 is 0 Å². The third kappa shape index (κ3) is 2.55. The fraction of sp³-hybridized carbons (Fsp3) is 0.500. The number of Topliss-reactive ketones (excluding diaryl/α,β-unsaturated/α-hetero) is 1. The van der Waals surface area contributed by atoms with Gasteiger partial charge in [-0.15, -0.1) is 0 Å². The average molecular weight is 205 g/mol. The minimum atomic E-state index is 0.189. The van der Waals surface area contributed by atoms with Crippen LogP contribution in [0, 0.1) is 0 Å². The molecule has 3 heteroatoms. The van der Waals surface area contributed by atoms with Gasteiger partial charge in [-0.2, -0.15) is 4.57 Å². The van der Waals surface area contributed by atoms with Crippen molar-refractivity contribution in [2.45, 2.75) is 26.3 Å². The lowest BCUT2D eigenvalue weighted by molar-refractivity contribution is -0.684. The first-order valence-corrected chi connectivity index (χ1v) is 5.49. The standard InChI is InChI=1S/C12H17N2O/c1-11(15)10-13-8-4-12(5-9-13)14-6-2-3-7-14/h4-5,8-9H,2-3,6-7,10H2,1H3/q+1. The predicted molar refractivity (Wildman–Crippen MR) is 58.8 cm³/mol. The highest BCUT2D eigenvalue weighted by molar-refractivity contribution is 5.73. The first-order chi connectivity index (χ1) is 7.25. The van der Waals surface area contributed by atoms with Crippen LogP contribution in [-0.4, -0.2) is 18.9 Å². The van der Waals surface area contributed by atoms with E-state index >= 15 is 0 Å². The summed E-state index contributed by atoms with van der Waals surface area (Å²) in [5.74, 6) is 0.189. The average Bonchev–Trinajstić information content (AvgIpc) is 2.71. The second-order valence-corrected chi connectivity index (χ2v) is 4.12. The third-order valence-corrected chi connectivity index (χ3v) is 2.75. The monoisotopic (exact) mass is 205 g/mol. The molecule has 80 valence electrons. The van der Waals surface area contributed by atoms with Crippen LogP contribution in [0.2, 0.25) is 0 Å². The Labute approximate surface area is 90.3 Å². The normalized spacial score (nSPS) is 15.7. The van der Waals surface area contributed by atoms with Gasteiger partial charge in [0.15, 0.2) is 18.2 Å². The molecule has 0 atom stereocenters. The van der Waals surface area contributed by atoms with Crippen LogP contribution in [0.4, 0.5) is 5.69 Å². The summed E-state index contributed by atoms with van der Waals surface area (Å²) in [5, 5.41) is 0. The Balaban J connectivity index is 2.06. The molecule has 0 aromatic carbocycles. The highest BCUT2D eigenvalue weighted by Gasteiger charge is 2.13.